The van der Waals surface area contributed by atoms with Gasteiger partial charge in [0, 0.05) is 63.5 Å². The van der Waals surface area contributed by atoms with E-state index >= 15 is 0 Å². The minimum atomic E-state index is -4.89. The third kappa shape index (κ3) is 8.41. The average Bonchev–Trinajstić information content (AvgIpc) is 3.64. The monoisotopic (exact) mass is 712 g/mol. The first-order chi connectivity index (χ1) is 23.4. The van der Waals surface area contributed by atoms with Crippen LogP contribution in [0.15, 0.2) is 43.0 Å². The van der Waals surface area contributed by atoms with Gasteiger partial charge in [-0.05, 0) is 18.2 Å². The van der Waals surface area contributed by atoms with Gasteiger partial charge in [0.25, 0.3) is 18.8 Å². The van der Waals surface area contributed by atoms with Crippen molar-refractivity contribution in [2.75, 3.05) is 51.1 Å². The Balaban J connectivity index is 0.00000151. The number of fused-ring (bicyclic) bond motifs is 1. The molecule has 5 heterocycles. The molecule has 4 N–H and O–H groups in total. The van der Waals surface area contributed by atoms with E-state index in [1.54, 1.807) is 17.0 Å². The number of piperazine rings is 1. The number of hydrogen-bond donors (Lipinski definition) is 4. The van der Waals surface area contributed by atoms with Gasteiger partial charge in [0.15, 0.2) is 17.2 Å². The van der Waals surface area contributed by atoms with Gasteiger partial charge in [-0.2, -0.15) is 18.3 Å². The molecule has 0 atom stereocenters. The number of amides is 2. The molecule has 0 spiro atoms. The van der Waals surface area contributed by atoms with Gasteiger partial charge >= 0.3 is 6.18 Å². The lowest BCUT2D eigenvalue weighted by atomic mass is 10.1. The van der Waals surface area contributed by atoms with Crippen LogP contribution in [0.1, 0.15) is 16.1 Å². The number of hydrogen-bond acceptors (Lipinski definition) is 9. The molecule has 0 aliphatic carbocycles. The van der Waals surface area contributed by atoms with E-state index in [9.17, 15) is 31.5 Å². The zero-order valence-corrected chi connectivity index (χ0v) is 26.3. The van der Waals surface area contributed by atoms with Crippen LogP contribution >= 0.6 is 11.6 Å². The van der Waals surface area contributed by atoms with Crippen molar-refractivity contribution in [1.82, 2.24) is 44.6 Å². The second-order valence-electron chi connectivity index (χ2n) is 11.0. The van der Waals surface area contributed by atoms with E-state index in [0.29, 0.717) is 36.5 Å². The molecule has 14 nitrogen and oxygen atoms in total. The highest BCUT2D eigenvalue weighted by molar-refractivity contribution is 6.34. The fraction of sp³-hybridized carbons (Fsp3) is 0.379. The van der Waals surface area contributed by atoms with Crippen molar-refractivity contribution in [3.05, 3.63) is 59.3 Å². The van der Waals surface area contributed by atoms with Crippen molar-refractivity contribution in [3.8, 4) is 11.3 Å². The van der Waals surface area contributed by atoms with Crippen LogP contribution in [0.3, 0.4) is 0 Å². The van der Waals surface area contributed by atoms with Crippen LogP contribution in [-0.2, 0) is 22.3 Å². The predicted molar refractivity (Wildman–Crippen MR) is 166 cm³/mol. The predicted octanol–water partition coefficient (Wildman–Crippen LogP) is 2.82. The Morgan fingerprint density at radius 3 is 2.47 bits per heavy atom. The van der Waals surface area contributed by atoms with E-state index in [4.69, 9.17) is 21.5 Å². The van der Waals surface area contributed by atoms with Gasteiger partial charge in [-0.25, -0.2) is 18.7 Å². The maximum Gasteiger partial charge on any atom is 0.435 e. The molecule has 2 fully saturated rings. The van der Waals surface area contributed by atoms with E-state index in [-0.39, 0.29) is 58.6 Å². The molecule has 3 aromatic heterocycles. The summed E-state index contributed by atoms with van der Waals surface area (Å²) >= 11 is 6.51. The van der Waals surface area contributed by atoms with Crippen LogP contribution in [0, 0.1) is 0 Å². The summed E-state index contributed by atoms with van der Waals surface area (Å²) in [5.74, 6) is -0.125. The van der Waals surface area contributed by atoms with Gasteiger partial charge in [0.05, 0.1) is 40.6 Å². The number of carbonyl (C=O) groups is 3. The van der Waals surface area contributed by atoms with Gasteiger partial charge in [-0.15, -0.1) is 0 Å². The molecule has 20 heteroatoms. The van der Waals surface area contributed by atoms with Gasteiger partial charge in [-0.3, -0.25) is 28.4 Å². The van der Waals surface area contributed by atoms with Crippen LogP contribution in [0.2, 0.25) is 5.02 Å². The van der Waals surface area contributed by atoms with Crippen LogP contribution in [0.4, 0.5) is 33.5 Å². The Bertz CT molecular complexity index is 1810. The Hall–Kier alpha value is -4.88. The smallest absolute Gasteiger partial charge is 0.435 e. The van der Waals surface area contributed by atoms with Crippen molar-refractivity contribution in [2.45, 2.75) is 25.2 Å². The minimum absolute atomic E-state index is 0.0244. The van der Waals surface area contributed by atoms with Crippen molar-refractivity contribution < 1.29 is 41.4 Å². The number of nitrogens with one attached hydrogen (secondary N) is 3. The molecule has 0 unspecified atom stereocenters. The number of nitrogens with zero attached hydrogens (tertiary/aromatic N) is 7. The molecule has 4 aromatic rings. The maximum atomic E-state index is 13.7. The number of aromatic nitrogens is 5. The lowest BCUT2D eigenvalue weighted by Crippen LogP contribution is -2.59. The minimum Gasteiger partial charge on any atom is -0.483 e. The van der Waals surface area contributed by atoms with Crippen LogP contribution in [0.25, 0.3) is 16.9 Å². The Morgan fingerprint density at radius 1 is 1.14 bits per heavy atom. The van der Waals surface area contributed by atoms with Gasteiger partial charge in [-0.1, -0.05) is 11.6 Å². The van der Waals surface area contributed by atoms with Crippen LogP contribution in [-0.4, -0.2) is 116 Å². The Kier molecular flexibility index (Phi) is 10.9. The molecule has 262 valence electrons. The fourth-order valence-corrected chi connectivity index (χ4v) is 5.57. The molecular weight excluding hydrogens is 683 g/mol. The van der Waals surface area contributed by atoms with E-state index in [2.05, 4.69) is 31.0 Å². The number of benzene rings is 1. The first-order valence-corrected chi connectivity index (χ1v) is 15.2. The third-order valence-electron chi connectivity index (χ3n) is 7.69. The lowest BCUT2D eigenvalue weighted by molar-refractivity contribution is -0.141. The molecule has 2 aliphatic heterocycles. The second-order valence-corrected chi connectivity index (χ2v) is 11.4. The van der Waals surface area contributed by atoms with Crippen LogP contribution in [0.5, 0.6) is 0 Å². The zero-order chi connectivity index (χ0) is 35.3. The summed E-state index contributed by atoms with van der Waals surface area (Å²) in [5.41, 5.74) is -0.889. The number of imidazole rings is 1. The normalized spacial score (nSPS) is 15.4. The van der Waals surface area contributed by atoms with E-state index in [1.807, 2.05) is 4.90 Å². The molecule has 49 heavy (non-hydrogen) atoms. The average molecular weight is 713 g/mol. The highest BCUT2D eigenvalue weighted by atomic mass is 35.5. The summed E-state index contributed by atoms with van der Waals surface area (Å²) in [5, 5.41) is 19.5. The molecule has 2 aliphatic rings. The topological polar surface area (TPSA) is 162 Å². The van der Waals surface area contributed by atoms with Crippen molar-refractivity contribution in [2.24, 2.45) is 0 Å². The lowest BCUT2D eigenvalue weighted by Gasteiger charge is -2.35. The molecule has 2 amide bonds. The summed E-state index contributed by atoms with van der Waals surface area (Å²) in [7, 11) is 0. The number of anilines is 2. The summed E-state index contributed by atoms with van der Waals surface area (Å²) in [4.78, 5) is 46.0. The molecular formula is C29H30ClF5N10O4. The van der Waals surface area contributed by atoms with E-state index in [0.717, 1.165) is 19.3 Å². The fourth-order valence-electron chi connectivity index (χ4n) is 5.31. The molecule has 0 saturated carbocycles. The van der Waals surface area contributed by atoms with Crippen molar-refractivity contribution >= 4 is 47.0 Å². The van der Waals surface area contributed by atoms with Gasteiger partial charge in [0.1, 0.15) is 6.54 Å². The largest absolute Gasteiger partial charge is 0.483 e. The quantitative estimate of drug-likeness (QED) is 0.150. The molecule has 2 saturated heterocycles. The standard InChI is InChI=1S/C28H28ClF5N10O2.CH2O2/c29-20-9-16(1-2-18(20)27(46)42-7-5-41(6-8-42)15-23(45)38-17-10-35-11-17)39-25-26-37-12-21(44(26)4-3-36-25)19-13-43(14-22(30)31)40-24(19)28(32,33)34;2-1-3/h1-4,9,12-13,17,22,35H,5-8,10-11,14-15H2,(H,36,39)(H,38,45);1H,(H,2,3). The van der Waals surface area contributed by atoms with Crippen molar-refractivity contribution in [1.29, 1.82) is 0 Å². The SMILES string of the molecule is O=C(CN1CCN(C(=O)c2ccc(Nc3nccn4c(-c5cn(CC(F)F)nc5C(F)(F)F)cnc34)cc2Cl)CC1)NC1CNC1.O=CO. The molecule has 0 radical (unpaired) electrons. The number of carboxylic acid groups (broad SMARTS) is 1. The number of rotatable bonds is 9. The Labute approximate surface area is 279 Å². The highest BCUT2D eigenvalue weighted by Crippen LogP contribution is 2.37. The first kappa shape index (κ1) is 35.4. The molecule has 6 rings (SSSR count). The maximum absolute atomic E-state index is 13.7. The summed E-state index contributed by atoms with van der Waals surface area (Å²) in [6.07, 6.45) is -2.98. The molecule has 0 bridgehead atoms. The number of halogens is 6. The summed E-state index contributed by atoms with van der Waals surface area (Å²) in [6, 6.07) is 4.86. The summed E-state index contributed by atoms with van der Waals surface area (Å²) in [6.45, 7) is 2.50. The highest BCUT2D eigenvalue weighted by Gasteiger charge is 2.38. The van der Waals surface area contributed by atoms with E-state index in [1.165, 1.54) is 29.1 Å². The van der Waals surface area contributed by atoms with E-state index < -0.39 is 30.4 Å². The number of alkyl halides is 5. The molecule has 1 aromatic carbocycles. The van der Waals surface area contributed by atoms with Crippen molar-refractivity contribution in [3.63, 3.8) is 0 Å². The zero-order valence-electron chi connectivity index (χ0n) is 25.5. The third-order valence-corrected chi connectivity index (χ3v) is 8.01. The number of carbonyl (C=O) groups excluding carboxylic acids is 2. The first-order valence-electron chi connectivity index (χ1n) is 14.8. The van der Waals surface area contributed by atoms with Crippen LogP contribution < -0.4 is 16.0 Å². The Morgan fingerprint density at radius 2 is 1.86 bits per heavy atom. The summed E-state index contributed by atoms with van der Waals surface area (Å²) < 4.78 is 68.9. The van der Waals surface area contributed by atoms with Gasteiger partial charge < -0.3 is 26.0 Å². The van der Waals surface area contributed by atoms with Gasteiger partial charge in [0.2, 0.25) is 5.91 Å². The second kappa shape index (κ2) is 15.1.